The van der Waals surface area contributed by atoms with Crippen molar-refractivity contribution >= 4 is 17.5 Å². The predicted molar refractivity (Wildman–Crippen MR) is 91.6 cm³/mol. The van der Waals surface area contributed by atoms with Crippen LogP contribution in [0.25, 0.3) is 0 Å². The largest absolute Gasteiger partial charge is 0.351 e. The molecule has 0 bridgehead atoms. The van der Waals surface area contributed by atoms with Gasteiger partial charge in [0.25, 0.3) is 11.8 Å². The number of hydrogen-bond acceptors (Lipinski definition) is 3. The monoisotopic (exact) mass is 347 g/mol. The second-order valence-corrected chi connectivity index (χ2v) is 5.71. The van der Waals surface area contributed by atoms with Crippen LogP contribution in [0.4, 0.5) is 14.5 Å². The van der Waals surface area contributed by atoms with Crippen molar-refractivity contribution < 1.29 is 18.4 Å². The Kier molecular flexibility index (Phi) is 6.19. The number of benzene rings is 2. The number of anilines is 1. The first-order valence-corrected chi connectivity index (χ1v) is 7.66. The van der Waals surface area contributed by atoms with Crippen molar-refractivity contribution in [2.45, 2.75) is 0 Å². The summed E-state index contributed by atoms with van der Waals surface area (Å²) < 4.78 is 26.4. The summed E-state index contributed by atoms with van der Waals surface area (Å²) in [6, 6.07) is 8.86. The van der Waals surface area contributed by atoms with Gasteiger partial charge in [0, 0.05) is 30.3 Å². The molecule has 0 unspecified atom stereocenters. The van der Waals surface area contributed by atoms with Crippen molar-refractivity contribution in [1.82, 2.24) is 10.2 Å². The number of halogens is 2. The SMILES string of the molecule is CN(C)CCNC(=O)c1ccc(C(=O)Nc2ccc(F)cc2F)cc1. The van der Waals surface area contributed by atoms with Crippen molar-refractivity contribution in [3.8, 4) is 0 Å². The van der Waals surface area contributed by atoms with E-state index in [-0.39, 0.29) is 17.2 Å². The minimum absolute atomic E-state index is 0.114. The van der Waals surface area contributed by atoms with Gasteiger partial charge in [0.2, 0.25) is 0 Å². The topological polar surface area (TPSA) is 61.4 Å². The summed E-state index contributed by atoms with van der Waals surface area (Å²) in [7, 11) is 3.81. The maximum atomic E-state index is 13.6. The van der Waals surface area contributed by atoms with Crippen LogP contribution in [0.3, 0.4) is 0 Å². The minimum atomic E-state index is -0.856. The highest BCUT2D eigenvalue weighted by Gasteiger charge is 2.11. The van der Waals surface area contributed by atoms with Crippen LogP contribution in [-0.2, 0) is 0 Å². The molecule has 0 saturated carbocycles. The first-order chi connectivity index (χ1) is 11.9. The molecule has 132 valence electrons. The zero-order valence-corrected chi connectivity index (χ0v) is 14.0. The third kappa shape index (κ3) is 5.36. The normalized spacial score (nSPS) is 10.6. The predicted octanol–water partition coefficient (Wildman–Crippen LogP) is 2.51. The lowest BCUT2D eigenvalue weighted by Gasteiger charge is -2.11. The molecule has 7 heteroatoms. The lowest BCUT2D eigenvalue weighted by atomic mass is 10.1. The lowest BCUT2D eigenvalue weighted by molar-refractivity contribution is 0.0949. The summed E-state index contributed by atoms with van der Waals surface area (Å²) in [5.41, 5.74) is 0.564. The number of amides is 2. The second-order valence-electron chi connectivity index (χ2n) is 5.71. The Bertz CT molecular complexity index is 761. The van der Waals surface area contributed by atoms with E-state index < -0.39 is 17.5 Å². The first-order valence-electron chi connectivity index (χ1n) is 7.66. The molecule has 0 saturated heterocycles. The van der Waals surface area contributed by atoms with Gasteiger partial charge < -0.3 is 15.5 Å². The molecule has 25 heavy (non-hydrogen) atoms. The van der Waals surface area contributed by atoms with Crippen LogP contribution in [0.2, 0.25) is 0 Å². The smallest absolute Gasteiger partial charge is 0.255 e. The average Bonchev–Trinajstić information content (AvgIpc) is 2.57. The number of carbonyl (C=O) groups is 2. The first kappa shape index (κ1) is 18.5. The Balaban J connectivity index is 1.99. The number of rotatable bonds is 6. The van der Waals surface area contributed by atoms with Gasteiger partial charge in [0.1, 0.15) is 11.6 Å². The second kappa shape index (κ2) is 8.34. The molecular formula is C18H19F2N3O2. The maximum Gasteiger partial charge on any atom is 0.255 e. The van der Waals surface area contributed by atoms with Crippen LogP contribution in [-0.4, -0.2) is 43.9 Å². The molecule has 0 aliphatic heterocycles. The molecule has 0 atom stereocenters. The third-order valence-electron chi connectivity index (χ3n) is 3.43. The standard InChI is InChI=1S/C18H19F2N3O2/c1-23(2)10-9-21-17(24)12-3-5-13(6-4-12)18(25)22-16-8-7-14(19)11-15(16)20/h3-8,11H,9-10H2,1-2H3,(H,21,24)(H,22,25). The molecule has 2 rings (SSSR count). The molecule has 5 nitrogen and oxygen atoms in total. The molecular weight excluding hydrogens is 328 g/mol. The van der Waals surface area contributed by atoms with Crippen LogP contribution >= 0.6 is 0 Å². The number of likely N-dealkylation sites (N-methyl/N-ethyl adjacent to an activating group) is 1. The Morgan fingerprint density at radius 3 is 2.12 bits per heavy atom. The number of nitrogens with one attached hydrogen (secondary N) is 2. The molecule has 2 aromatic carbocycles. The fraction of sp³-hybridized carbons (Fsp3) is 0.222. The summed E-state index contributed by atoms with van der Waals surface area (Å²) in [6.07, 6.45) is 0. The van der Waals surface area contributed by atoms with E-state index in [9.17, 15) is 18.4 Å². The molecule has 0 heterocycles. The van der Waals surface area contributed by atoms with Gasteiger partial charge in [-0.05, 0) is 50.5 Å². The fourth-order valence-electron chi connectivity index (χ4n) is 2.05. The van der Waals surface area contributed by atoms with Gasteiger partial charge in [0.15, 0.2) is 0 Å². The molecule has 0 fully saturated rings. The van der Waals surface area contributed by atoms with Gasteiger partial charge in [-0.25, -0.2) is 8.78 Å². The molecule has 0 aliphatic rings. The summed E-state index contributed by atoms with van der Waals surface area (Å²) in [4.78, 5) is 26.0. The number of nitrogens with zero attached hydrogens (tertiary/aromatic N) is 1. The molecule has 2 amide bonds. The molecule has 0 spiro atoms. The summed E-state index contributed by atoms with van der Waals surface area (Å²) >= 11 is 0. The minimum Gasteiger partial charge on any atom is -0.351 e. The molecule has 2 N–H and O–H groups in total. The van der Waals surface area contributed by atoms with Crippen LogP contribution in [0.15, 0.2) is 42.5 Å². The van der Waals surface area contributed by atoms with Crippen molar-refractivity contribution in [2.24, 2.45) is 0 Å². The van der Waals surface area contributed by atoms with Gasteiger partial charge in [-0.15, -0.1) is 0 Å². The van der Waals surface area contributed by atoms with Crippen molar-refractivity contribution in [3.63, 3.8) is 0 Å². The van der Waals surface area contributed by atoms with Gasteiger partial charge in [0.05, 0.1) is 5.69 Å². The zero-order valence-electron chi connectivity index (χ0n) is 14.0. The highest BCUT2D eigenvalue weighted by molar-refractivity contribution is 6.05. The van der Waals surface area contributed by atoms with Gasteiger partial charge in [-0.1, -0.05) is 0 Å². The Hall–Kier alpha value is -2.80. The van der Waals surface area contributed by atoms with Crippen LogP contribution in [0.5, 0.6) is 0 Å². The lowest BCUT2D eigenvalue weighted by Crippen LogP contribution is -2.31. The zero-order chi connectivity index (χ0) is 18.4. The van der Waals surface area contributed by atoms with E-state index in [0.29, 0.717) is 18.2 Å². The van der Waals surface area contributed by atoms with Crippen molar-refractivity contribution in [3.05, 3.63) is 65.2 Å². The average molecular weight is 347 g/mol. The Labute approximate surface area is 144 Å². The fourth-order valence-corrected chi connectivity index (χ4v) is 2.05. The molecule has 0 radical (unpaired) electrons. The summed E-state index contributed by atoms with van der Waals surface area (Å²) in [5, 5.41) is 5.13. The van der Waals surface area contributed by atoms with Gasteiger partial charge in [-0.2, -0.15) is 0 Å². The highest BCUT2D eigenvalue weighted by atomic mass is 19.1. The molecule has 0 aromatic heterocycles. The maximum absolute atomic E-state index is 13.6. The summed E-state index contributed by atoms with van der Waals surface area (Å²) in [6.45, 7) is 1.23. The van der Waals surface area contributed by atoms with E-state index in [1.54, 1.807) is 0 Å². The van der Waals surface area contributed by atoms with Crippen LogP contribution < -0.4 is 10.6 Å². The van der Waals surface area contributed by atoms with E-state index in [4.69, 9.17) is 0 Å². The molecule has 2 aromatic rings. The summed E-state index contributed by atoms with van der Waals surface area (Å²) in [5.74, 6) is -2.37. The van der Waals surface area contributed by atoms with E-state index in [2.05, 4.69) is 10.6 Å². The van der Waals surface area contributed by atoms with E-state index >= 15 is 0 Å². The van der Waals surface area contributed by atoms with Gasteiger partial charge in [-0.3, -0.25) is 9.59 Å². The van der Waals surface area contributed by atoms with E-state index in [1.165, 1.54) is 24.3 Å². The van der Waals surface area contributed by atoms with E-state index in [0.717, 1.165) is 18.7 Å². The van der Waals surface area contributed by atoms with Crippen LogP contribution in [0, 0.1) is 11.6 Å². The van der Waals surface area contributed by atoms with Gasteiger partial charge >= 0.3 is 0 Å². The van der Waals surface area contributed by atoms with E-state index in [1.807, 2.05) is 19.0 Å². The number of carbonyl (C=O) groups excluding carboxylic acids is 2. The quantitative estimate of drug-likeness (QED) is 0.844. The third-order valence-corrected chi connectivity index (χ3v) is 3.43. The molecule has 0 aliphatic carbocycles. The van der Waals surface area contributed by atoms with Crippen molar-refractivity contribution in [1.29, 1.82) is 0 Å². The highest BCUT2D eigenvalue weighted by Crippen LogP contribution is 2.16. The Morgan fingerprint density at radius 1 is 0.960 bits per heavy atom. The Morgan fingerprint density at radius 2 is 1.56 bits per heavy atom. The van der Waals surface area contributed by atoms with Crippen molar-refractivity contribution in [2.75, 3.05) is 32.5 Å². The van der Waals surface area contributed by atoms with Crippen LogP contribution in [0.1, 0.15) is 20.7 Å². The number of hydrogen-bond donors (Lipinski definition) is 2.